The van der Waals surface area contributed by atoms with Crippen molar-refractivity contribution in [1.29, 1.82) is 0 Å². The number of aliphatic hydroxyl groups is 2. The zero-order chi connectivity index (χ0) is 12.9. The zero-order valence-corrected chi connectivity index (χ0v) is 11.7. The monoisotopic (exact) mass is 257 g/mol. The van der Waals surface area contributed by atoms with Gasteiger partial charge in [-0.15, -0.1) is 11.3 Å². The third-order valence-electron chi connectivity index (χ3n) is 3.22. The Balaban J connectivity index is 2.49. The smallest absolute Gasteiger partial charge is 0.0519 e. The lowest BCUT2D eigenvalue weighted by Gasteiger charge is -2.33. The molecule has 0 aliphatic rings. The van der Waals surface area contributed by atoms with Crippen LogP contribution in [0.2, 0.25) is 0 Å². The van der Waals surface area contributed by atoms with Crippen LogP contribution in [0.25, 0.3) is 0 Å². The van der Waals surface area contributed by atoms with E-state index in [-0.39, 0.29) is 13.2 Å². The van der Waals surface area contributed by atoms with Crippen molar-refractivity contribution < 1.29 is 10.2 Å². The molecule has 1 heterocycles. The Hall–Kier alpha value is -0.420. The Morgan fingerprint density at radius 1 is 1.41 bits per heavy atom. The molecular weight excluding hydrogens is 234 g/mol. The molecule has 4 heteroatoms. The second-order valence-corrected chi connectivity index (χ2v) is 6.21. The van der Waals surface area contributed by atoms with Crippen LogP contribution in [-0.2, 0) is 6.42 Å². The standard InChI is InChI=1S/C13H23NO2S/c1-11(7-12-5-4-6-17-12)14(3)8-13(2,9-15)10-16/h4-6,11,15-16H,7-10H2,1-3H3. The molecule has 98 valence electrons. The van der Waals surface area contributed by atoms with E-state index in [4.69, 9.17) is 0 Å². The molecule has 1 rings (SSSR count). The van der Waals surface area contributed by atoms with Crippen LogP contribution in [0.5, 0.6) is 0 Å². The molecule has 0 bridgehead atoms. The van der Waals surface area contributed by atoms with Gasteiger partial charge < -0.3 is 15.1 Å². The third kappa shape index (κ3) is 4.39. The summed E-state index contributed by atoms with van der Waals surface area (Å²) in [7, 11) is 2.04. The zero-order valence-electron chi connectivity index (χ0n) is 10.9. The Morgan fingerprint density at radius 2 is 2.06 bits per heavy atom. The highest BCUT2D eigenvalue weighted by Crippen LogP contribution is 2.19. The van der Waals surface area contributed by atoms with E-state index in [0.717, 1.165) is 6.42 Å². The number of hydrogen-bond donors (Lipinski definition) is 2. The van der Waals surface area contributed by atoms with Gasteiger partial charge in [-0.05, 0) is 31.8 Å². The predicted molar refractivity (Wildman–Crippen MR) is 72.4 cm³/mol. The van der Waals surface area contributed by atoms with Crippen molar-refractivity contribution in [3.8, 4) is 0 Å². The summed E-state index contributed by atoms with van der Waals surface area (Å²) in [6, 6.07) is 4.62. The lowest BCUT2D eigenvalue weighted by molar-refractivity contribution is 0.0330. The van der Waals surface area contributed by atoms with E-state index in [9.17, 15) is 10.2 Å². The molecule has 1 aromatic heterocycles. The van der Waals surface area contributed by atoms with Crippen LogP contribution in [0.4, 0.5) is 0 Å². The van der Waals surface area contributed by atoms with Gasteiger partial charge in [0.05, 0.1) is 13.2 Å². The molecule has 1 atom stereocenters. The minimum Gasteiger partial charge on any atom is -0.396 e. The van der Waals surface area contributed by atoms with Gasteiger partial charge in [-0.25, -0.2) is 0 Å². The van der Waals surface area contributed by atoms with E-state index >= 15 is 0 Å². The average molecular weight is 257 g/mol. The summed E-state index contributed by atoms with van der Waals surface area (Å²) in [6.07, 6.45) is 1.01. The number of thiophene rings is 1. The first-order valence-electron chi connectivity index (χ1n) is 5.95. The molecule has 0 fully saturated rings. The van der Waals surface area contributed by atoms with E-state index in [1.54, 1.807) is 11.3 Å². The van der Waals surface area contributed by atoms with E-state index in [1.165, 1.54) is 4.88 Å². The van der Waals surface area contributed by atoms with Crippen LogP contribution in [0, 0.1) is 5.41 Å². The van der Waals surface area contributed by atoms with Gasteiger partial charge in [0.2, 0.25) is 0 Å². The maximum Gasteiger partial charge on any atom is 0.0519 e. The van der Waals surface area contributed by atoms with Crippen LogP contribution in [0.3, 0.4) is 0 Å². The minimum atomic E-state index is -0.418. The lowest BCUT2D eigenvalue weighted by atomic mass is 9.92. The number of likely N-dealkylation sites (N-methyl/N-ethyl adjacent to an activating group) is 1. The highest BCUT2D eigenvalue weighted by molar-refractivity contribution is 7.09. The molecule has 0 amide bonds. The molecule has 1 aromatic rings. The second-order valence-electron chi connectivity index (χ2n) is 5.17. The van der Waals surface area contributed by atoms with Crippen molar-refractivity contribution in [1.82, 2.24) is 4.90 Å². The summed E-state index contributed by atoms with van der Waals surface area (Å²) < 4.78 is 0. The fourth-order valence-corrected chi connectivity index (χ4v) is 2.61. The van der Waals surface area contributed by atoms with Gasteiger partial charge >= 0.3 is 0 Å². The van der Waals surface area contributed by atoms with Crippen LogP contribution >= 0.6 is 11.3 Å². The van der Waals surface area contributed by atoms with Crippen LogP contribution < -0.4 is 0 Å². The molecule has 0 aliphatic heterocycles. The van der Waals surface area contributed by atoms with Crippen LogP contribution in [0.15, 0.2) is 17.5 Å². The summed E-state index contributed by atoms with van der Waals surface area (Å²) in [5.74, 6) is 0. The maximum atomic E-state index is 9.29. The van der Waals surface area contributed by atoms with E-state index < -0.39 is 5.41 Å². The molecule has 0 radical (unpaired) electrons. The van der Waals surface area contributed by atoms with Crippen LogP contribution in [-0.4, -0.2) is 48.0 Å². The van der Waals surface area contributed by atoms with E-state index in [0.29, 0.717) is 12.6 Å². The Kier molecular flexibility index (Phi) is 5.59. The highest BCUT2D eigenvalue weighted by Gasteiger charge is 2.26. The molecular formula is C13H23NO2S. The first-order chi connectivity index (χ1) is 8.00. The Morgan fingerprint density at radius 3 is 2.53 bits per heavy atom. The highest BCUT2D eigenvalue weighted by atomic mass is 32.1. The van der Waals surface area contributed by atoms with Gasteiger partial charge in [-0.3, -0.25) is 0 Å². The summed E-state index contributed by atoms with van der Waals surface area (Å²) in [5, 5.41) is 20.7. The summed E-state index contributed by atoms with van der Waals surface area (Å²) in [5.41, 5.74) is -0.418. The van der Waals surface area contributed by atoms with Crippen molar-refractivity contribution in [2.75, 3.05) is 26.8 Å². The molecule has 0 aromatic carbocycles. The number of nitrogens with zero attached hydrogens (tertiary/aromatic N) is 1. The number of hydrogen-bond acceptors (Lipinski definition) is 4. The fraction of sp³-hybridized carbons (Fsp3) is 0.692. The van der Waals surface area contributed by atoms with Gasteiger partial charge in [0.15, 0.2) is 0 Å². The average Bonchev–Trinajstić information content (AvgIpc) is 2.81. The molecule has 0 aliphatic carbocycles. The number of aliphatic hydroxyl groups excluding tert-OH is 2. The normalized spacial score (nSPS) is 14.2. The van der Waals surface area contributed by atoms with Crippen molar-refractivity contribution in [2.45, 2.75) is 26.3 Å². The molecule has 17 heavy (non-hydrogen) atoms. The molecule has 0 saturated heterocycles. The van der Waals surface area contributed by atoms with Crippen molar-refractivity contribution in [3.05, 3.63) is 22.4 Å². The van der Waals surface area contributed by atoms with Gasteiger partial charge in [-0.2, -0.15) is 0 Å². The SMILES string of the molecule is CC(Cc1cccs1)N(C)CC(C)(CO)CO. The summed E-state index contributed by atoms with van der Waals surface area (Å²) >= 11 is 1.77. The van der Waals surface area contributed by atoms with Gasteiger partial charge in [0, 0.05) is 22.9 Å². The summed E-state index contributed by atoms with van der Waals surface area (Å²) in [6.45, 7) is 4.81. The van der Waals surface area contributed by atoms with Crippen LogP contribution in [0.1, 0.15) is 18.7 Å². The minimum absolute atomic E-state index is 0.0135. The molecule has 1 unspecified atom stereocenters. The predicted octanol–water partition coefficient (Wildman–Crippen LogP) is 1.60. The van der Waals surface area contributed by atoms with E-state index in [1.807, 2.05) is 14.0 Å². The third-order valence-corrected chi connectivity index (χ3v) is 4.12. The largest absolute Gasteiger partial charge is 0.396 e. The quantitative estimate of drug-likeness (QED) is 0.780. The van der Waals surface area contributed by atoms with Crippen molar-refractivity contribution in [2.24, 2.45) is 5.41 Å². The van der Waals surface area contributed by atoms with Gasteiger partial charge in [0.1, 0.15) is 0 Å². The van der Waals surface area contributed by atoms with Crippen molar-refractivity contribution in [3.63, 3.8) is 0 Å². The molecule has 2 N–H and O–H groups in total. The second kappa shape index (κ2) is 6.50. The first-order valence-corrected chi connectivity index (χ1v) is 6.83. The summed E-state index contributed by atoms with van der Waals surface area (Å²) in [4.78, 5) is 3.57. The lowest BCUT2D eigenvalue weighted by Crippen LogP contribution is -2.43. The molecule has 3 nitrogen and oxygen atoms in total. The van der Waals surface area contributed by atoms with Gasteiger partial charge in [0.25, 0.3) is 0 Å². The van der Waals surface area contributed by atoms with E-state index in [2.05, 4.69) is 29.3 Å². The Bertz CT molecular complexity index is 309. The first kappa shape index (κ1) is 14.6. The molecule has 0 spiro atoms. The van der Waals surface area contributed by atoms with Gasteiger partial charge in [-0.1, -0.05) is 13.0 Å². The van der Waals surface area contributed by atoms with Crippen molar-refractivity contribution >= 4 is 11.3 Å². The Labute approximate surface area is 108 Å². The number of rotatable bonds is 7. The fourth-order valence-electron chi connectivity index (χ4n) is 1.78. The topological polar surface area (TPSA) is 43.7 Å². The molecule has 0 saturated carbocycles. The maximum absolute atomic E-state index is 9.29.